The third-order valence-corrected chi connectivity index (χ3v) is 9.03. The summed E-state index contributed by atoms with van der Waals surface area (Å²) in [5.41, 5.74) is 6.93. The summed E-state index contributed by atoms with van der Waals surface area (Å²) in [7, 11) is 0. The van der Waals surface area contributed by atoms with Crippen molar-refractivity contribution in [2.24, 2.45) is 17.8 Å². The summed E-state index contributed by atoms with van der Waals surface area (Å²) in [6.07, 6.45) is 0.487. The average molecular weight is 572 g/mol. The van der Waals surface area contributed by atoms with Crippen LogP contribution >= 0.6 is 0 Å². The van der Waals surface area contributed by atoms with Gasteiger partial charge in [-0.2, -0.15) is 13.2 Å². The van der Waals surface area contributed by atoms with E-state index in [1.807, 2.05) is 16.8 Å². The summed E-state index contributed by atoms with van der Waals surface area (Å²) >= 11 is 0. The van der Waals surface area contributed by atoms with Crippen molar-refractivity contribution in [3.63, 3.8) is 0 Å². The molecule has 0 radical (unpaired) electrons. The Morgan fingerprint density at radius 3 is 2.59 bits per heavy atom. The molecule has 41 heavy (non-hydrogen) atoms. The number of alkyl halides is 3. The van der Waals surface area contributed by atoms with Gasteiger partial charge < -0.3 is 30.4 Å². The minimum Gasteiger partial charge on any atom is -0.390 e. The lowest BCUT2D eigenvalue weighted by atomic mass is 9.72. The quantitative estimate of drug-likeness (QED) is 0.250. The van der Waals surface area contributed by atoms with Crippen LogP contribution in [0, 0.1) is 17.8 Å². The van der Waals surface area contributed by atoms with Crippen LogP contribution in [0.15, 0.2) is 36.8 Å². The Balaban J connectivity index is 1.05. The Bertz CT molecular complexity index is 1530. The Labute approximate surface area is 235 Å². The molecule has 2 aliphatic carbocycles. The number of fused-ring (bicyclic) bond motifs is 2. The van der Waals surface area contributed by atoms with Crippen LogP contribution in [0.5, 0.6) is 0 Å². The number of nitrogens with one attached hydrogen (secondary N) is 1. The number of aromatic amines is 1. The highest BCUT2D eigenvalue weighted by Crippen LogP contribution is 2.40. The molecule has 6 rings (SSSR count). The third kappa shape index (κ3) is 5.40. The van der Waals surface area contributed by atoms with E-state index in [4.69, 9.17) is 5.73 Å². The number of rotatable bonds is 8. The highest BCUT2D eigenvalue weighted by atomic mass is 19.4. The molecule has 2 fully saturated rings. The molecule has 4 atom stereocenters. The van der Waals surface area contributed by atoms with Gasteiger partial charge in [0, 0.05) is 37.7 Å². The Kier molecular flexibility index (Phi) is 7.19. The molecule has 0 aliphatic heterocycles. The smallest absolute Gasteiger partial charge is 0.390 e. The van der Waals surface area contributed by atoms with Crippen LogP contribution in [0.1, 0.15) is 50.5 Å². The van der Waals surface area contributed by atoms with E-state index in [9.17, 15) is 23.4 Å². The number of aliphatic hydroxyl groups is 2. The normalized spacial score (nSPS) is 27.0. The van der Waals surface area contributed by atoms with Gasteiger partial charge in [0.25, 0.3) is 0 Å². The molecule has 0 amide bonds. The van der Waals surface area contributed by atoms with Crippen LogP contribution < -0.4 is 5.73 Å². The fourth-order valence-electron chi connectivity index (χ4n) is 6.74. The molecule has 5 N–H and O–H groups in total. The van der Waals surface area contributed by atoms with Crippen LogP contribution in [0.25, 0.3) is 22.1 Å². The highest BCUT2D eigenvalue weighted by molar-refractivity contribution is 5.86. The fraction of sp³-hybridized carbons (Fsp3) is 0.552. The summed E-state index contributed by atoms with van der Waals surface area (Å²) in [4.78, 5) is 18.4. The molecule has 0 spiro atoms. The summed E-state index contributed by atoms with van der Waals surface area (Å²) in [5.74, 6) is 1.94. The maximum Gasteiger partial charge on any atom is 0.416 e. The number of hydrogen-bond acceptors (Lipinski definition) is 7. The van der Waals surface area contributed by atoms with Crippen LogP contribution in [-0.2, 0) is 12.6 Å². The molecule has 4 aromatic rings. The van der Waals surface area contributed by atoms with Crippen molar-refractivity contribution < 1.29 is 23.4 Å². The number of nitrogens with two attached hydrogens (primary N) is 1. The first-order valence-corrected chi connectivity index (χ1v) is 14.2. The minimum atomic E-state index is -4.38. The van der Waals surface area contributed by atoms with Gasteiger partial charge in [0.1, 0.15) is 29.7 Å². The van der Waals surface area contributed by atoms with Crippen LogP contribution in [0.2, 0.25) is 0 Å². The number of hydrogen-bond donors (Lipinski definition) is 4. The van der Waals surface area contributed by atoms with Gasteiger partial charge in [-0.15, -0.1) is 0 Å². The second-order valence-corrected chi connectivity index (χ2v) is 12.1. The zero-order valence-electron chi connectivity index (χ0n) is 23.1. The van der Waals surface area contributed by atoms with Gasteiger partial charge in [0.05, 0.1) is 34.1 Å². The van der Waals surface area contributed by atoms with E-state index in [1.54, 1.807) is 0 Å². The summed E-state index contributed by atoms with van der Waals surface area (Å²) in [5, 5.41) is 22.7. The SMILES string of the molecule is CC(C)N(CC1CC(Cc2nc3ccc(C(F)(F)F)cc3[nH]2)C1)C[C@H]1C[C@@H](n2ccc3c(N)ncnc32)C(O)[C@@H]1O. The van der Waals surface area contributed by atoms with Crippen LogP contribution in [0.3, 0.4) is 0 Å². The van der Waals surface area contributed by atoms with Crippen molar-refractivity contribution in [2.45, 2.75) is 70.0 Å². The maximum atomic E-state index is 13.0. The summed E-state index contributed by atoms with van der Waals surface area (Å²) in [6.45, 7) is 5.86. The van der Waals surface area contributed by atoms with Gasteiger partial charge in [-0.25, -0.2) is 15.0 Å². The van der Waals surface area contributed by atoms with E-state index in [0.717, 1.165) is 42.7 Å². The number of benzene rings is 1. The van der Waals surface area contributed by atoms with Gasteiger partial charge in [-0.3, -0.25) is 0 Å². The fourth-order valence-corrected chi connectivity index (χ4v) is 6.74. The lowest BCUT2D eigenvalue weighted by molar-refractivity contribution is -0.137. The largest absolute Gasteiger partial charge is 0.416 e. The number of aliphatic hydroxyl groups excluding tert-OH is 2. The standard InChI is InChI=1S/C29H36F3N7O2/c1-15(2)38(13-18-10-23(26(41)25(18)40)39-6-5-20-27(33)34-14-35-28(20)39)12-17-7-16(8-17)9-24-36-21-4-3-19(29(30,31)32)11-22(21)37-24/h3-6,11,14-18,23,25-26,40-41H,7-10,12-13H2,1-2H3,(H,36,37)(H2,33,34,35)/t16?,17?,18-,23-,25-,26?/m1/s1. The third-order valence-electron chi connectivity index (χ3n) is 9.03. The Morgan fingerprint density at radius 2 is 1.85 bits per heavy atom. The van der Waals surface area contributed by atoms with Gasteiger partial charge in [-0.05, 0) is 69.2 Å². The molecule has 3 heterocycles. The molecule has 0 bridgehead atoms. The van der Waals surface area contributed by atoms with E-state index in [-0.39, 0.29) is 18.0 Å². The lowest BCUT2D eigenvalue weighted by Gasteiger charge is -2.40. The van der Waals surface area contributed by atoms with Gasteiger partial charge in [-0.1, -0.05) is 0 Å². The van der Waals surface area contributed by atoms with E-state index in [2.05, 4.69) is 38.7 Å². The molecule has 0 saturated heterocycles. The second-order valence-electron chi connectivity index (χ2n) is 12.1. The summed E-state index contributed by atoms with van der Waals surface area (Å²) in [6, 6.07) is 5.42. The molecule has 220 valence electrons. The topological polar surface area (TPSA) is 129 Å². The first-order valence-electron chi connectivity index (χ1n) is 14.2. The van der Waals surface area contributed by atoms with Crippen molar-refractivity contribution in [1.82, 2.24) is 29.4 Å². The number of imidazole rings is 1. The zero-order valence-corrected chi connectivity index (χ0v) is 23.1. The number of H-pyrrole nitrogens is 1. The number of aromatic nitrogens is 5. The van der Waals surface area contributed by atoms with Crippen molar-refractivity contribution in [1.29, 1.82) is 0 Å². The van der Waals surface area contributed by atoms with Crippen molar-refractivity contribution in [3.05, 3.63) is 48.2 Å². The first-order chi connectivity index (χ1) is 19.5. The molecule has 9 nitrogen and oxygen atoms in total. The Morgan fingerprint density at radius 1 is 1.07 bits per heavy atom. The van der Waals surface area contributed by atoms with Gasteiger partial charge in [0.15, 0.2) is 0 Å². The van der Waals surface area contributed by atoms with Crippen LogP contribution in [0.4, 0.5) is 19.0 Å². The monoisotopic (exact) mass is 571 g/mol. The van der Waals surface area contributed by atoms with Crippen molar-refractivity contribution in [2.75, 3.05) is 18.8 Å². The summed E-state index contributed by atoms with van der Waals surface area (Å²) < 4.78 is 41.0. The predicted molar refractivity (Wildman–Crippen MR) is 149 cm³/mol. The highest BCUT2D eigenvalue weighted by Gasteiger charge is 2.44. The van der Waals surface area contributed by atoms with Gasteiger partial charge >= 0.3 is 6.18 Å². The van der Waals surface area contributed by atoms with E-state index >= 15 is 0 Å². The molecular formula is C29H36F3N7O2. The molecule has 1 aromatic carbocycles. The second kappa shape index (κ2) is 10.6. The van der Waals surface area contributed by atoms with Crippen LogP contribution in [-0.4, -0.2) is 71.0 Å². The molecular weight excluding hydrogens is 535 g/mol. The maximum absolute atomic E-state index is 13.0. The van der Waals surface area contributed by atoms with E-state index in [0.29, 0.717) is 53.7 Å². The number of anilines is 1. The van der Waals surface area contributed by atoms with E-state index < -0.39 is 23.9 Å². The average Bonchev–Trinajstić information content (AvgIpc) is 3.58. The molecule has 2 aliphatic rings. The molecule has 2 saturated carbocycles. The molecule has 3 aromatic heterocycles. The van der Waals surface area contributed by atoms with Crippen molar-refractivity contribution >= 4 is 27.9 Å². The number of nitrogen functional groups attached to an aromatic ring is 1. The number of halogens is 3. The van der Waals surface area contributed by atoms with Crippen molar-refractivity contribution in [3.8, 4) is 0 Å². The first kappa shape index (κ1) is 27.9. The Hall–Kier alpha value is -3.22. The number of nitrogens with zero attached hydrogens (tertiary/aromatic N) is 5. The van der Waals surface area contributed by atoms with E-state index in [1.165, 1.54) is 12.4 Å². The lowest BCUT2D eigenvalue weighted by Crippen LogP contribution is -2.44. The van der Waals surface area contributed by atoms with Gasteiger partial charge in [0.2, 0.25) is 0 Å². The molecule has 12 heteroatoms. The minimum absolute atomic E-state index is 0.0953. The zero-order chi connectivity index (χ0) is 29.1. The predicted octanol–water partition coefficient (Wildman–Crippen LogP) is 4.17. The molecule has 1 unspecified atom stereocenters.